The summed E-state index contributed by atoms with van der Waals surface area (Å²) in [5, 5.41) is 11.7. The normalized spacial score (nSPS) is 15.8. The molecule has 1 aliphatic carbocycles. The molecule has 0 radical (unpaired) electrons. The van der Waals surface area contributed by atoms with Crippen molar-refractivity contribution in [2.24, 2.45) is 0 Å². The van der Waals surface area contributed by atoms with Crippen molar-refractivity contribution in [2.45, 2.75) is 81.7 Å². The summed E-state index contributed by atoms with van der Waals surface area (Å²) in [4.78, 5) is 50.3. The number of pyridine rings is 1. The molecule has 3 heterocycles. The first-order valence-corrected chi connectivity index (χ1v) is 25.2. The van der Waals surface area contributed by atoms with Crippen LogP contribution in [0.3, 0.4) is 0 Å². The van der Waals surface area contributed by atoms with E-state index in [9.17, 15) is 53.5 Å². The highest BCUT2D eigenvalue weighted by atomic mass is 35.5. The highest BCUT2D eigenvalue weighted by molar-refractivity contribution is 8.00. The van der Waals surface area contributed by atoms with E-state index in [4.69, 9.17) is 21.4 Å². The van der Waals surface area contributed by atoms with Crippen molar-refractivity contribution in [1.29, 1.82) is 0 Å². The summed E-state index contributed by atoms with van der Waals surface area (Å²) in [6, 6.07) is 4.46. The number of phosphoric ester groups is 1. The standard InChI is InChI=1S/C42H40ClF10N8O7PS2/c1-21-18-40(46,47)36-31(21)35(42(51,52)53)57-59(36)19-30(62)56-29(16-22-14-23(44)17-24(45)15-22)33-26(7-6-25(55-33)10-11-39(2,3)71(5)67)27-8-9-28(43)32-34(27)60(20-41(48,49)50)58-37(32)61(70-4)38(63)54-12-13-68-69(64,65)66/h6-9,14-15,17,21,29H,12-13,16,18-20H2,1-5H3,(H,54,63)(H,56,62)(H2,64,65,66)/t21-,29?,71?/m0/s1. The third-order valence-electron chi connectivity index (χ3n) is 10.8. The number of carbonyl (C=O) groups excluding carboxylic acids is 2. The number of carbonyl (C=O) groups is 2. The number of alkyl halides is 8. The molecule has 0 saturated heterocycles. The van der Waals surface area contributed by atoms with Gasteiger partial charge in [-0.1, -0.05) is 30.5 Å². The maximum Gasteiger partial charge on any atom is 0.469 e. The summed E-state index contributed by atoms with van der Waals surface area (Å²) in [6.07, 6.45) is -9.18. The molecule has 0 bridgehead atoms. The van der Waals surface area contributed by atoms with Gasteiger partial charge in [-0.2, -0.15) is 45.3 Å². The lowest BCUT2D eigenvalue weighted by molar-refractivity contribution is -0.143. The molecular formula is C42H40ClF10N8O7PS2. The Hall–Kier alpha value is -5.23. The molecule has 0 spiro atoms. The molecule has 15 nitrogen and oxygen atoms in total. The second-order valence-electron chi connectivity index (χ2n) is 16.5. The fourth-order valence-corrected chi connectivity index (χ4v) is 8.97. The third-order valence-corrected chi connectivity index (χ3v) is 13.8. The van der Waals surface area contributed by atoms with Crippen LogP contribution in [-0.4, -0.2) is 87.1 Å². The van der Waals surface area contributed by atoms with Gasteiger partial charge in [-0.3, -0.25) is 22.9 Å². The fourth-order valence-electron chi connectivity index (χ4n) is 7.68. The predicted octanol–water partition coefficient (Wildman–Crippen LogP) is 8.92. The number of benzene rings is 2. The molecule has 1 aliphatic rings. The largest absolute Gasteiger partial charge is 0.469 e. The van der Waals surface area contributed by atoms with Crippen molar-refractivity contribution < 1.29 is 76.6 Å². The minimum atomic E-state index is -5.22. The van der Waals surface area contributed by atoms with Gasteiger partial charge in [0.05, 0.1) is 34.3 Å². The number of nitrogens with one attached hydrogen (secondary N) is 2. The van der Waals surface area contributed by atoms with Crippen molar-refractivity contribution in [2.75, 3.05) is 30.0 Å². The SMILES string of the molecule is CSN(C(=O)NCCOP(=O)(O)O)c1nn(CC(F)(F)F)c2c(-c3ccc(C#CC(C)(C)S(C)=O)nc3C(Cc3cc(F)cc(F)c3)NC(=O)Cn3nc(C(F)(F)F)c4c3C(F)(F)C[C@@H]4C)ccc(Cl)c12. The lowest BCUT2D eigenvalue weighted by Crippen LogP contribution is -2.37. The minimum Gasteiger partial charge on any atom is -0.346 e. The van der Waals surface area contributed by atoms with Crippen LogP contribution in [-0.2, 0) is 56.3 Å². The van der Waals surface area contributed by atoms with E-state index in [1.165, 1.54) is 50.6 Å². The first-order chi connectivity index (χ1) is 32.8. The molecule has 4 N–H and O–H groups in total. The quantitative estimate of drug-likeness (QED) is 0.0257. The Kier molecular flexibility index (Phi) is 16.1. The van der Waals surface area contributed by atoms with Crippen molar-refractivity contribution in [1.82, 2.24) is 35.2 Å². The Labute approximate surface area is 408 Å². The lowest BCUT2D eigenvalue weighted by Gasteiger charge is -2.23. The summed E-state index contributed by atoms with van der Waals surface area (Å²) in [6.45, 7) is -0.0978. The molecule has 384 valence electrons. The summed E-state index contributed by atoms with van der Waals surface area (Å²) in [5.74, 6) is -3.63. The summed E-state index contributed by atoms with van der Waals surface area (Å²) >= 11 is 7.31. The Morgan fingerprint density at radius 2 is 1.70 bits per heavy atom. The van der Waals surface area contributed by atoms with E-state index in [-0.39, 0.29) is 43.2 Å². The maximum atomic E-state index is 15.4. The van der Waals surface area contributed by atoms with E-state index in [0.29, 0.717) is 22.7 Å². The van der Waals surface area contributed by atoms with Gasteiger partial charge in [0.1, 0.15) is 40.9 Å². The van der Waals surface area contributed by atoms with Gasteiger partial charge in [-0.15, -0.1) is 0 Å². The first kappa shape index (κ1) is 55.1. The highest BCUT2D eigenvalue weighted by Crippen LogP contribution is 2.52. The second-order valence-corrected chi connectivity index (χ2v) is 20.8. The van der Waals surface area contributed by atoms with Crippen LogP contribution in [0.25, 0.3) is 22.0 Å². The number of rotatable bonds is 15. The van der Waals surface area contributed by atoms with Crippen molar-refractivity contribution in [3.63, 3.8) is 0 Å². The Balaban J connectivity index is 1.59. The van der Waals surface area contributed by atoms with Crippen LogP contribution in [0.15, 0.2) is 42.5 Å². The Morgan fingerprint density at radius 1 is 1.06 bits per heavy atom. The average molecular weight is 1090 g/mol. The van der Waals surface area contributed by atoms with Crippen molar-refractivity contribution in [3.8, 4) is 23.0 Å². The van der Waals surface area contributed by atoms with Gasteiger partial charge in [-0.05, 0) is 79.9 Å². The maximum absolute atomic E-state index is 15.4. The zero-order valence-electron chi connectivity index (χ0n) is 37.5. The van der Waals surface area contributed by atoms with E-state index in [0.717, 1.165) is 23.4 Å². The fraction of sp³-hybridized carbons (Fsp3) is 0.405. The molecule has 29 heteroatoms. The van der Waals surface area contributed by atoms with E-state index < -0.39 is 145 Å². The molecule has 2 aromatic carbocycles. The number of hydrogen-bond acceptors (Lipinski definition) is 9. The number of fused-ring (bicyclic) bond motifs is 2. The number of phosphoric acid groups is 1. The molecule has 3 aromatic heterocycles. The van der Waals surface area contributed by atoms with E-state index >= 15 is 8.78 Å². The van der Waals surface area contributed by atoms with Gasteiger partial charge in [-0.25, -0.2) is 27.4 Å². The smallest absolute Gasteiger partial charge is 0.346 e. The van der Waals surface area contributed by atoms with Crippen LogP contribution >= 0.6 is 31.4 Å². The van der Waals surface area contributed by atoms with Crippen LogP contribution in [0, 0.1) is 23.5 Å². The molecule has 0 saturated carbocycles. The highest BCUT2D eigenvalue weighted by Gasteiger charge is 2.53. The Bertz CT molecular complexity index is 3010. The number of halogens is 11. The zero-order valence-corrected chi connectivity index (χ0v) is 40.8. The van der Waals surface area contributed by atoms with Gasteiger partial charge in [0.15, 0.2) is 11.5 Å². The average Bonchev–Trinajstić information content (AvgIpc) is 3.88. The molecule has 71 heavy (non-hydrogen) atoms. The number of anilines is 1. The van der Waals surface area contributed by atoms with E-state index in [1.54, 1.807) is 0 Å². The number of urea groups is 1. The van der Waals surface area contributed by atoms with Crippen LogP contribution < -0.4 is 14.9 Å². The van der Waals surface area contributed by atoms with Crippen LogP contribution in [0.2, 0.25) is 5.02 Å². The topological polar surface area (TPSA) is 194 Å². The summed E-state index contributed by atoms with van der Waals surface area (Å²) in [7, 11) is -6.52. The summed E-state index contributed by atoms with van der Waals surface area (Å²) in [5.41, 5.74) is -5.06. The number of aromatic nitrogens is 5. The first-order valence-electron chi connectivity index (χ1n) is 20.6. The van der Waals surface area contributed by atoms with Gasteiger partial charge >= 0.3 is 26.2 Å². The minimum absolute atomic E-state index is 0.136. The van der Waals surface area contributed by atoms with Gasteiger partial charge < -0.3 is 20.4 Å². The summed E-state index contributed by atoms with van der Waals surface area (Å²) < 4.78 is 175. The molecule has 5 aromatic rings. The Morgan fingerprint density at radius 3 is 2.30 bits per heavy atom. The molecule has 2 unspecified atom stereocenters. The molecule has 6 rings (SSSR count). The van der Waals surface area contributed by atoms with Crippen LogP contribution in [0.4, 0.5) is 54.5 Å². The molecule has 3 amide bonds. The molecule has 0 fully saturated rings. The molecule has 0 aliphatic heterocycles. The predicted molar refractivity (Wildman–Crippen MR) is 242 cm³/mol. The number of hydrogen-bond donors (Lipinski definition) is 4. The number of amides is 3. The molecule has 3 atom stereocenters. The van der Waals surface area contributed by atoms with Crippen molar-refractivity contribution in [3.05, 3.63) is 93.0 Å². The number of nitrogens with zero attached hydrogens (tertiary/aromatic N) is 6. The zero-order chi connectivity index (χ0) is 52.8. The van der Waals surface area contributed by atoms with Crippen LogP contribution in [0.5, 0.6) is 0 Å². The monoisotopic (exact) mass is 1090 g/mol. The second kappa shape index (κ2) is 20.7. The molecular weight excluding hydrogens is 1050 g/mol. The van der Waals surface area contributed by atoms with E-state index in [2.05, 4.69) is 42.2 Å². The van der Waals surface area contributed by atoms with Gasteiger partial charge in [0, 0.05) is 59.0 Å². The van der Waals surface area contributed by atoms with Crippen LogP contribution in [0.1, 0.15) is 73.1 Å². The third kappa shape index (κ3) is 12.9. The lowest BCUT2D eigenvalue weighted by atomic mass is 9.93. The van der Waals surface area contributed by atoms with Gasteiger partial charge in [0.2, 0.25) is 5.91 Å². The van der Waals surface area contributed by atoms with Gasteiger partial charge in [0.25, 0.3) is 5.92 Å². The van der Waals surface area contributed by atoms with Crippen molar-refractivity contribution >= 4 is 70.8 Å². The van der Waals surface area contributed by atoms with E-state index in [1.807, 2.05) is 0 Å².